The molecule has 0 fully saturated rings. The maximum atomic E-state index is 13.4. The molecule has 0 radical (unpaired) electrons. The Labute approximate surface area is 250 Å². The number of imidazole rings is 1. The van der Waals surface area contributed by atoms with Crippen LogP contribution in [0, 0.1) is 0 Å². The second-order valence-electron chi connectivity index (χ2n) is 10.0. The van der Waals surface area contributed by atoms with Gasteiger partial charge in [0, 0.05) is 55.2 Å². The van der Waals surface area contributed by atoms with Gasteiger partial charge >= 0.3 is 11.9 Å². The molecule has 0 saturated carbocycles. The third kappa shape index (κ3) is 9.78. The van der Waals surface area contributed by atoms with Crippen molar-refractivity contribution >= 4 is 52.8 Å². The number of hydrogen-bond donors (Lipinski definition) is 8. The summed E-state index contributed by atoms with van der Waals surface area (Å²) in [5, 5.41) is 28.8. The highest BCUT2D eigenvalue weighted by molar-refractivity contribution is 5.95. The number of nitrogens with one attached hydrogen (secondary N) is 6. The lowest BCUT2D eigenvalue weighted by atomic mass is 10.0. The van der Waals surface area contributed by atoms with Crippen molar-refractivity contribution in [1.29, 1.82) is 0 Å². The van der Waals surface area contributed by atoms with Crippen LogP contribution in [-0.4, -0.2) is 91.2 Å². The van der Waals surface area contributed by atoms with E-state index in [1.807, 2.05) is 24.3 Å². The molecule has 3 rings (SSSR count). The number of carboxylic acid groups (broad SMARTS) is 2. The topological polar surface area (TPSA) is 253 Å². The van der Waals surface area contributed by atoms with Crippen molar-refractivity contribution in [3.63, 3.8) is 0 Å². The number of fused-ring (bicyclic) bond motifs is 1. The average Bonchev–Trinajstić information content (AvgIpc) is 3.63. The van der Waals surface area contributed by atoms with Gasteiger partial charge in [-0.2, -0.15) is 0 Å². The molecular weight excluding hydrogens is 578 g/mol. The van der Waals surface area contributed by atoms with Crippen LogP contribution in [0.5, 0.6) is 0 Å². The molecule has 0 unspecified atom stereocenters. The van der Waals surface area contributed by atoms with E-state index in [0.717, 1.165) is 10.9 Å². The molecule has 0 aliphatic rings. The van der Waals surface area contributed by atoms with Crippen LogP contribution in [-0.2, 0) is 46.4 Å². The van der Waals surface area contributed by atoms with Gasteiger partial charge in [0.15, 0.2) is 0 Å². The summed E-state index contributed by atoms with van der Waals surface area (Å²) in [6.07, 6.45) is 2.96. The normalized spacial score (nSPS) is 13.6. The van der Waals surface area contributed by atoms with E-state index in [4.69, 9.17) is 5.11 Å². The summed E-state index contributed by atoms with van der Waals surface area (Å²) in [6.45, 7) is 1.22. The van der Waals surface area contributed by atoms with Crippen molar-refractivity contribution in [2.75, 3.05) is 0 Å². The predicted octanol–water partition coefficient (Wildman–Crippen LogP) is -0.826. The van der Waals surface area contributed by atoms with Gasteiger partial charge in [-0.25, -0.2) is 4.98 Å². The van der Waals surface area contributed by atoms with Gasteiger partial charge in [0.1, 0.15) is 24.4 Å². The summed E-state index contributed by atoms with van der Waals surface area (Å²) in [6, 6.07) is 1.98. The number of rotatable bonds is 17. The van der Waals surface area contributed by atoms with E-state index < -0.39 is 72.6 Å². The van der Waals surface area contributed by atoms with Crippen LogP contribution in [0.25, 0.3) is 10.9 Å². The number of para-hydroxylation sites is 1. The lowest BCUT2D eigenvalue weighted by molar-refractivity contribution is -0.140. The van der Waals surface area contributed by atoms with Gasteiger partial charge in [-0.15, -0.1) is 0 Å². The van der Waals surface area contributed by atoms with E-state index in [0.29, 0.717) is 11.3 Å². The molecule has 4 amide bonds. The summed E-state index contributed by atoms with van der Waals surface area (Å²) in [4.78, 5) is 95.3. The highest BCUT2D eigenvalue weighted by Crippen LogP contribution is 2.19. The van der Waals surface area contributed by atoms with Crippen LogP contribution in [0.2, 0.25) is 0 Å². The standard InChI is InChI=1S/C28H33N7O9/c1-15(37)32-22(8-16-11-30-20-5-3-2-4-19(16)20)28(44)34-21(6-7-24(38)39)26(42)35-23(9-17-12-29-14-31-17)27(43)33-18(13-36)10-25(40)41/h2-5,11-14,18,21-23,30H,6-10H2,1H3,(H,29,31)(H,32,37)(H,33,43)(H,34,44)(H,35,42)(H,38,39)(H,40,41)/t18-,21+,22+,23-/m0/s1. The molecule has 0 aliphatic carbocycles. The molecule has 16 nitrogen and oxygen atoms in total. The minimum absolute atomic E-state index is 0.0458. The number of H-pyrrole nitrogens is 2. The number of carbonyl (C=O) groups excluding carboxylic acids is 5. The molecule has 0 bridgehead atoms. The number of aromatic nitrogens is 3. The third-order valence-electron chi connectivity index (χ3n) is 6.57. The maximum Gasteiger partial charge on any atom is 0.305 e. The van der Waals surface area contributed by atoms with E-state index in [1.165, 1.54) is 19.4 Å². The van der Waals surface area contributed by atoms with Gasteiger partial charge in [-0.05, 0) is 18.1 Å². The number of benzene rings is 1. The fourth-order valence-corrected chi connectivity index (χ4v) is 4.49. The number of aromatic amines is 2. The van der Waals surface area contributed by atoms with Crippen molar-refractivity contribution < 1.29 is 43.8 Å². The van der Waals surface area contributed by atoms with Crippen LogP contribution in [0.4, 0.5) is 0 Å². The molecule has 3 aromatic rings. The second-order valence-corrected chi connectivity index (χ2v) is 10.0. The molecule has 2 aromatic heterocycles. The Bertz CT molecular complexity index is 1500. The summed E-state index contributed by atoms with van der Waals surface area (Å²) in [7, 11) is 0. The molecule has 0 aliphatic heterocycles. The minimum Gasteiger partial charge on any atom is -0.481 e. The van der Waals surface area contributed by atoms with Crippen LogP contribution >= 0.6 is 0 Å². The molecule has 234 valence electrons. The second kappa shape index (κ2) is 15.6. The van der Waals surface area contributed by atoms with Crippen molar-refractivity contribution in [2.45, 2.75) is 63.2 Å². The van der Waals surface area contributed by atoms with E-state index >= 15 is 0 Å². The zero-order chi connectivity index (χ0) is 32.2. The van der Waals surface area contributed by atoms with Gasteiger partial charge < -0.3 is 46.2 Å². The number of carbonyl (C=O) groups is 7. The van der Waals surface area contributed by atoms with Gasteiger partial charge in [0.25, 0.3) is 0 Å². The molecule has 8 N–H and O–H groups in total. The van der Waals surface area contributed by atoms with E-state index in [-0.39, 0.29) is 25.5 Å². The SMILES string of the molecule is CC(=O)N[C@H](Cc1c[nH]c2ccccc12)C(=O)N[C@H](CCC(=O)O)C(=O)N[C@@H](Cc1cnc[nH]1)C(=O)N[C@H](C=O)CC(=O)O. The van der Waals surface area contributed by atoms with Crippen molar-refractivity contribution in [3.8, 4) is 0 Å². The zero-order valence-electron chi connectivity index (χ0n) is 23.7. The quantitative estimate of drug-likeness (QED) is 0.0880. The number of hydrogen-bond acceptors (Lipinski definition) is 8. The Morgan fingerprint density at radius 2 is 1.52 bits per heavy atom. The first-order valence-corrected chi connectivity index (χ1v) is 13.6. The van der Waals surface area contributed by atoms with Gasteiger partial charge in [-0.1, -0.05) is 18.2 Å². The first-order valence-electron chi connectivity index (χ1n) is 13.6. The van der Waals surface area contributed by atoms with Crippen molar-refractivity contribution in [1.82, 2.24) is 36.2 Å². The zero-order valence-corrected chi connectivity index (χ0v) is 23.7. The van der Waals surface area contributed by atoms with Crippen molar-refractivity contribution in [3.05, 3.63) is 54.2 Å². The highest BCUT2D eigenvalue weighted by Gasteiger charge is 2.31. The van der Waals surface area contributed by atoms with Gasteiger partial charge in [0.05, 0.1) is 18.8 Å². The van der Waals surface area contributed by atoms with E-state index in [2.05, 4.69) is 36.2 Å². The summed E-state index contributed by atoms with van der Waals surface area (Å²) in [5.74, 6) is -5.69. The number of amides is 4. The lowest BCUT2D eigenvalue weighted by Gasteiger charge is -2.25. The average molecular weight is 612 g/mol. The largest absolute Gasteiger partial charge is 0.481 e. The Morgan fingerprint density at radius 1 is 0.864 bits per heavy atom. The number of nitrogens with zero attached hydrogens (tertiary/aromatic N) is 1. The molecular formula is C28H33N7O9. The molecule has 4 atom stereocenters. The number of carboxylic acids is 2. The maximum absolute atomic E-state index is 13.4. The first kappa shape index (κ1) is 33.0. The van der Waals surface area contributed by atoms with E-state index in [1.54, 1.807) is 6.20 Å². The third-order valence-corrected chi connectivity index (χ3v) is 6.57. The summed E-state index contributed by atoms with van der Waals surface area (Å²) < 4.78 is 0. The fraction of sp³-hybridized carbons (Fsp3) is 0.357. The van der Waals surface area contributed by atoms with Crippen LogP contribution < -0.4 is 21.3 Å². The fourth-order valence-electron chi connectivity index (χ4n) is 4.49. The Hall–Kier alpha value is -5.54. The van der Waals surface area contributed by atoms with Gasteiger partial charge in [0.2, 0.25) is 23.6 Å². The van der Waals surface area contributed by atoms with Crippen LogP contribution in [0.1, 0.15) is 37.4 Å². The number of aliphatic carboxylic acids is 2. The summed E-state index contributed by atoms with van der Waals surface area (Å²) in [5.41, 5.74) is 1.93. The lowest BCUT2D eigenvalue weighted by Crippen LogP contribution is -2.58. The van der Waals surface area contributed by atoms with Gasteiger partial charge in [-0.3, -0.25) is 28.8 Å². The van der Waals surface area contributed by atoms with Crippen LogP contribution in [0.3, 0.4) is 0 Å². The number of aldehydes is 1. The molecule has 44 heavy (non-hydrogen) atoms. The summed E-state index contributed by atoms with van der Waals surface area (Å²) >= 11 is 0. The predicted molar refractivity (Wildman–Crippen MR) is 153 cm³/mol. The minimum atomic E-state index is -1.45. The Kier molecular flexibility index (Phi) is 11.7. The monoisotopic (exact) mass is 611 g/mol. The molecule has 2 heterocycles. The first-order chi connectivity index (χ1) is 21.0. The molecule has 16 heteroatoms. The smallest absolute Gasteiger partial charge is 0.305 e. The van der Waals surface area contributed by atoms with Crippen LogP contribution in [0.15, 0.2) is 43.0 Å². The Morgan fingerprint density at radius 3 is 2.16 bits per heavy atom. The highest BCUT2D eigenvalue weighted by atomic mass is 16.4. The van der Waals surface area contributed by atoms with Crippen molar-refractivity contribution in [2.24, 2.45) is 0 Å². The molecule has 0 saturated heterocycles. The molecule has 0 spiro atoms. The molecule has 1 aromatic carbocycles. The van der Waals surface area contributed by atoms with E-state index in [9.17, 15) is 38.7 Å². The Balaban J connectivity index is 1.82.